The summed E-state index contributed by atoms with van der Waals surface area (Å²) in [6, 6.07) is 8.01. The van der Waals surface area contributed by atoms with Gasteiger partial charge in [-0.2, -0.15) is 0 Å². The first-order valence-electron chi connectivity index (χ1n) is 12.0. The fourth-order valence-corrected chi connectivity index (χ4v) is 5.89. The number of fused-ring (bicyclic) bond motifs is 2. The van der Waals surface area contributed by atoms with Gasteiger partial charge in [0.1, 0.15) is 17.7 Å². The summed E-state index contributed by atoms with van der Waals surface area (Å²) in [5.41, 5.74) is 4.55. The number of likely N-dealkylation sites (tertiary alicyclic amines) is 1. The van der Waals surface area contributed by atoms with Gasteiger partial charge in [0.15, 0.2) is 5.65 Å². The predicted octanol–water partition coefficient (Wildman–Crippen LogP) is 2.91. The topological polar surface area (TPSA) is 83.9 Å². The van der Waals surface area contributed by atoms with Crippen molar-refractivity contribution in [1.82, 2.24) is 14.4 Å². The van der Waals surface area contributed by atoms with E-state index >= 15 is 0 Å². The summed E-state index contributed by atoms with van der Waals surface area (Å²) >= 11 is 0. The minimum absolute atomic E-state index is 0.212. The van der Waals surface area contributed by atoms with Crippen LogP contribution in [0.3, 0.4) is 0 Å². The van der Waals surface area contributed by atoms with E-state index in [0.29, 0.717) is 23.4 Å². The highest BCUT2D eigenvalue weighted by Crippen LogP contribution is 2.32. The lowest BCUT2D eigenvalue weighted by Crippen LogP contribution is -2.55. The number of hydrogen-bond acceptors (Lipinski definition) is 6. The first-order chi connectivity index (χ1) is 16.3. The zero-order chi connectivity index (χ0) is 23.6. The van der Waals surface area contributed by atoms with Gasteiger partial charge in [0.05, 0.1) is 55.9 Å². The van der Waals surface area contributed by atoms with E-state index in [1.807, 2.05) is 54.9 Å². The molecule has 2 atom stereocenters. The minimum atomic E-state index is -0.412. The Morgan fingerprint density at radius 2 is 1.88 bits per heavy atom. The Labute approximate surface area is 197 Å². The number of aliphatic hydroxyl groups is 1. The molecule has 3 aromatic heterocycles. The molecule has 34 heavy (non-hydrogen) atoms. The lowest BCUT2D eigenvalue weighted by molar-refractivity contribution is -0.922. The van der Waals surface area contributed by atoms with E-state index in [-0.39, 0.29) is 12.1 Å². The lowest BCUT2D eigenvalue weighted by Gasteiger charge is -2.37. The summed E-state index contributed by atoms with van der Waals surface area (Å²) in [7, 11) is 2.27. The molecule has 2 aliphatic rings. The number of aliphatic hydroxyl groups excluding tert-OH is 1. The van der Waals surface area contributed by atoms with Crippen LogP contribution in [-0.2, 0) is 0 Å². The summed E-state index contributed by atoms with van der Waals surface area (Å²) in [6.07, 6.45) is 5.84. The maximum Gasteiger partial charge on any atom is 0.345 e. The number of hydrogen-bond donors (Lipinski definition) is 1. The maximum atomic E-state index is 12.9. The molecular weight excluding hydrogens is 430 g/mol. The highest BCUT2D eigenvalue weighted by atomic mass is 16.4. The van der Waals surface area contributed by atoms with Crippen LogP contribution in [0.15, 0.2) is 45.9 Å². The van der Waals surface area contributed by atoms with Crippen LogP contribution >= 0.6 is 0 Å². The Morgan fingerprint density at radius 3 is 2.68 bits per heavy atom. The van der Waals surface area contributed by atoms with E-state index in [1.165, 1.54) is 12.8 Å². The number of aryl methyl sites for hydroxylation is 2. The molecule has 2 unspecified atom stereocenters. The fourth-order valence-electron chi connectivity index (χ4n) is 5.89. The number of benzene rings is 1. The quantitative estimate of drug-likeness (QED) is 0.374. The number of quaternary nitrogens is 1. The molecule has 0 bridgehead atoms. The van der Waals surface area contributed by atoms with E-state index in [0.717, 1.165) is 52.2 Å². The van der Waals surface area contributed by atoms with Crippen LogP contribution < -0.4 is 10.5 Å². The molecule has 8 heteroatoms. The first kappa shape index (κ1) is 21.3. The SMILES string of the molecule is Cc1cn2cc(-c3cc4ccc(N5CC(O)C([N+]6(C)CCCC6)C5)cc4oc3=O)nc2c(C)n1. The Kier molecular flexibility index (Phi) is 4.79. The first-order valence-corrected chi connectivity index (χ1v) is 12.0. The molecule has 2 aliphatic heterocycles. The van der Waals surface area contributed by atoms with Gasteiger partial charge in [-0.15, -0.1) is 0 Å². The number of rotatable bonds is 3. The van der Waals surface area contributed by atoms with Crippen molar-refractivity contribution in [3.05, 3.63) is 58.5 Å². The van der Waals surface area contributed by atoms with Gasteiger partial charge in [-0.1, -0.05) is 0 Å². The number of likely N-dealkylation sites (N-methyl/N-ethyl adjacent to an activating group) is 1. The molecule has 5 heterocycles. The van der Waals surface area contributed by atoms with E-state index < -0.39 is 5.63 Å². The van der Waals surface area contributed by atoms with Gasteiger partial charge in [-0.05, 0) is 32.0 Å². The smallest absolute Gasteiger partial charge is 0.345 e. The third-order valence-electron chi connectivity index (χ3n) is 7.73. The summed E-state index contributed by atoms with van der Waals surface area (Å²) in [4.78, 5) is 24.2. The summed E-state index contributed by atoms with van der Waals surface area (Å²) in [5.74, 6) is 0. The number of imidazole rings is 1. The lowest BCUT2D eigenvalue weighted by atomic mass is 10.1. The van der Waals surface area contributed by atoms with Crippen molar-refractivity contribution in [2.24, 2.45) is 0 Å². The van der Waals surface area contributed by atoms with Gasteiger partial charge in [0.25, 0.3) is 0 Å². The number of nitrogens with zero attached hydrogens (tertiary/aromatic N) is 5. The normalized spacial score (nSPS) is 22.3. The summed E-state index contributed by atoms with van der Waals surface area (Å²) < 4.78 is 8.60. The van der Waals surface area contributed by atoms with Crippen LogP contribution in [0.25, 0.3) is 27.9 Å². The monoisotopic (exact) mass is 460 g/mol. The van der Waals surface area contributed by atoms with Crippen LogP contribution in [0.4, 0.5) is 5.69 Å². The number of β-amino-alcohol motifs (C(OH)–C–C–N with tert-alkyl or cyclic N) is 1. The van der Waals surface area contributed by atoms with Crippen molar-refractivity contribution in [3.63, 3.8) is 0 Å². The van der Waals surface area contributed by atoms with Gasteiger partial charge in [0, 0.05) is 42.4 Å². The second kappa shape index (κ2) is 7.65. The molecule has 1 N–H and O–H groups in total. The zero-order valence-corrected chi connectivity index (χ0v) is 19.9. The van der Waals surface area contributed by atoms with Gasteiger partial charge in [-0.25, -0.2) is 9.78 Å². The number of anilines is 1. The number of aromatic nitrogens is 3. The zero-order valence-electron chi connectivity index (χ0n) is 19.9. The Balaban J connectivity index is 1.33. The van der Waals surface area contributed by atoms with E-state index in [9.17, 15) is 9.90 Å². The fraction of sp³-hybridized carbons (Fsp3) is 0.423. The van der Waals surface area contributed by atoms with Crippen LogP contribution in [0.1, 0.15) is 24.2 Å². The molecule has 0 aliphatic carbocycles. The van der Waals surface area contributed by atoms with Crippen molar-refractivity contribution < 1.29 is 14.0 Å². The molecule has 4 aromatic rings. The molecule has 2 saturated heterocycles. The van der Waals surface area contributed by atoms with Gasteiger partial charge < -0.3 is 23.3 Å². The molecule has 0 amide bonds. The van der Waals surface area contributed by atoms with E-state index in [1.54, 1.807) is 0 Å². The van der Waals surface area contributed by atoms with E-state index in [4.69, 9.17) is 4.42 Å². The summed E-state index contributed by atoms with van der Waals surface area (Å²) in [6.45, 7) is 7.50. The highest BCUT2D eigenvalue weighted by Gasteiger charge is 2.45. The maximum absolute atomic E-state index is 12.9. The molecule has 0 saturated carbocycles. The van der Waals surface area contributed by atoms with Gasteiger partial charge in [0.2, 0.25) is 0 Å². The predicted molar refractivity (Wildman–Crippen MR) is 131 cm³/mol. The molecule has 2 fully saturated rings. The summed E-state index contributed by atoms with van der Waals surface area (Å²) in [5, 5.41) is 11.7. The third-order valence-corrected chi connectivity index (χ3v) is 7.73. The van der Waals surface area contributed by atoms with Crippen LogP contribution in [0, 0.1) is 13.8 Å². The van der Waals surface area contributed by atoms with Crippen LogP contribution in [0.2, 0.25) is 0 Å². The molecule has 0 spiro atoms. The van der Waals surface area contributed by atoms with Crippen LogP contribution in [-0.4, -0.2) is 69.3 Å². The highest BCUT2D eigenvalue weighted by molar-refractivity contribution is 5.84. The molecule has 6 rings (SSSR count). The Bertz CT molecular complexity index is 1470. The molecule has 8 nitrogen and oxygen atoms in total. The van der Waals surface area contributed by atoms with E-state index in [2.05, 4.69) is 21.9 Å². The van der Waals surface area contributed by atoms with Gasteiger partial charge >= 0.3 is 5.63 Å². The minimum Gasteiger partial charge on any atom is -0.422 e. The molecule has 0 radical (unpaired) electrons. The molecule has 1 aromatic carbocycles. The Hall–Kier alpha value is -3.23. The van der Waals surface area contributed by atoms with Crippen LogP contribution in [0.5, 0.6) is 0 Å². The standard InChI is InChI=1S/C26H30N5O3/c1-16-12-30-13-21(28-25(30)17(2)27-16)20-10-18-6-7-19(11-24(18)34-26(20)33)29-14-22(23(32)15-29)31(3)8-4-5-9-31/h6-7,10-13,22-23,32H,4-5,8-9,14-15H2,1-3H3/q+1. The Morgan fingerprint density at radius 1 is 1.09 bits per heavy atom. The average Bonchev–Trinajstić information content (AvgIpc) is 3.51. The van der Waals surface area contributed by atoms with Gasteiger partial charge in [-0.3, -0.25) is 4.98 Å². The largest absolute Gasteiger partial charge is 0.422 e. The third kappa shape index (κ3) is 3.40. The van der Waals surface area contributed by atoms with Crippen molar-refractivity contribution >= 4 is 22.3 Å². The van der Waals surface area contributed by atoms with Crippen molar-refractivity contribution in [2.75, 3.05) is 38.1 Å². The second-order valence-corrected chi connectivity index (χ2v) is 10.2. The van der Waals surface area contributed by atoms with Crippen molar-refractivity contribution in [3.8, 4) is 11.3 Å². The second-order valence-electron chi connectivity index (χ2n) is 10.2. The average molecular weight is 461 g/mol. The molecule has 176 valence electrons. The van der Waals surface area contributed by atoms with Crippen molar-refractivity contribution in [1.29, 1.82) is 0 Å². The molecular formula is C26H30N5O3+. The van der Waals surface area contributed by atoms with Crippen molar-refractivity contribution in [2.45, 2.75) is 38.8 Å².